The lowest BCUT2D eigenvalue weighted by atomic mass is 10.2. The summed E-state index contributed by atoms with van der Waals surface area (Å²) >= 11 is 11.7. The molecule has 0 spiro atoms. The van der Waals surface area contributed by atoms with Crippen LogP contribution in [0.4, 0.5) is 5.69 Å². The van der Waals surface area contributed by atoms with Gasteiger partial charge in [-0.2, -0.15) is 5.26 Å². The second-order valence-corrected chi connectivity index (χ2v) is 8.22. The molecule has 3 rings (SSSR count). The summed E-state index contributed by atoms with van der Waals surface area (Å²) in [5.41, 5.74) is 1.29. The SMILES string of the molecule is Cc1cc(Oc2ncccc2C#N)ccc1NS(=O)(=O)c1ccc(Cl)c(Cl)c1. The number of aryl methyl sites for hydroxylation is 1. The van der Waals surface area contributed by atoms with Gasteiger partial charge in [-0.15, -0.1) is 0 Å². The van der Waals surface area contributed by atoms with Crippen molar-refractivity contribution in [1.29, 1.82) is 5.26 Å². The Balaban J connectivity index is 1.84. The van der Waals surface area contributed by atoms with Crippen LogP contribution in [0.3, 0.4) is 0 Å². The first-order valence-corrected chi connectivity index (χ1v) is 10.2. The fourth-order valence-electron chi connectivity index (χ4n) is 2.33. The third kappa shape index (κ3) is 4.37. The Labute approximate surface area is 172 Å². The summed E-state index contributed by atoms with van der Waals surface area (Å²) in [7, 11) is -3.85. The molecule has 1 heterocycles. The monoisotopic (exact) mass is 433 g/mol. The third-order valence-corrected chi connectivity index (χ3v) is 5.85. The zero-order valence-corrected chi connectivity index (χ0v) is 16.8. The van der Waals surface area contributed by atoms with Gasteiger partial charge in [-0.25, -0.2) is 13.4 Å². The Hall–Kier alpha value is -2.79. The maximum atomic E-state index is 12.6. The molecule has 0 saturated heterocycles. The summed E-state index contributed by atoms with van der Waals surface area (Å²) in [6.45, 7) is 1.73. The highest BCUT2D eigenvalue weighted by atomic mass is 35.5. The summed E-state index contributed by atoms with van der Waals surface area (Å²) in [4.78, 5) is 4.03. The highest BCUT2D eigenvalue weighted by Crippen LogP contribution is 2.29. The largest absolute Gasteiger partial charge is 0.438 e. The molecule has 6 nitrogen and oxygen atoms in total. The molecule has 2 aromatic carbocycles. The summed E-state index contributed by atoms with van der Waals surface area (Å²) < 4.78 is 33.3. The van der Waals surface area contributed by atoms with E-state index < -0.39 is 10.0 Å². The topological polar surface area (TPSA) is 92.1 Å². The van der Waals surface area contributed by atoms with E-state index in [0.29, 0.717) is 22.6 Å². The van der Waals surface area contributed by atoms with Gasteiger partial charge >= 0.3 is 0 Å². The van der Waals surface area contributed by atoms with Crippen molar-refractivity contribution >= 4 is 38.9 Å². The predicted octanol–water partition coefficient (Wildman–Crippen LogP) is 5.16. The van der Waals surface area contributed by atoms with Crippen LogP contribution in [0.5, 0.6) is 11.6 Å². The van der Waals surface area contributed by atoms with Crippen LogP contribution in [0, 0.1) is 18.3 Å². The van der Waals surface area contributed by atoms with Gasteiger partial charge in [-0.3, -0.25) is 4.72 Å². The lowest BCUT2D eigenvalue weighted by molar-refractivity contribution is 0.461. The minimum atomic E-state index is -3.85. The van der Waals surface area contributed by atoms with Crippen LogP contribution in [0.15, 0.2) is 59.6 Å². The smallest absolute Gasteiger partial charge is 0.261 e. The van der Waals surface area contributed by atoms with E-state index in [1.807, 2.05) is 6.07 Å². The van der Waals surface area contributed by atoms with Gasteiger partial charge in [0.05, 0.1) is 20.6 Å². The van der Waals surface area contributed by atoms with Crippen LogP contribution < -0.4 is 9.46 Å². The minimum Gasteiger partial charge on any atom is -0.438 e. The fourth-order valence-corrected chi connectivity index (χ4v) is 3.85. The van der Waals surface area contributed by atoms with Gasteiger partial charge < -0.3 is 4.74 Å². The van der Waals surface area contributed by atoms with Gasteiger partial charge in [0.15, 0.2) is 0 Å². The van der Waals surface area contributed by atoms with Crippen molar-refractivity contribution in [1.82, 2.24) is 4.98 Å². The van der Waals surface area contributed by atoms with E-state index in [2.05, 4.69) is 9.71 Å². The molecule has 0 unspecified atom stereocenters. The van der Waals surface area contributed by atoms with Gasteiger partial charge in [0.25, 0.3) is 10.0 Å². The molecule has 28 heavy (non-hydrogen) atoms. The first-order chi connectivity index (χ1) is 13.3. The average molecular weight is 434 g/mol. The van der Waals surface area contributed by atoms with Gasteiger partial charge in [0.2, 0.25) is 5.88 Å². The molecule has 0 saturated carbocycles. The van der Waals surface area contributed by atoms with E-state index in [9.17, 15) is 8.42 Å². The number of anilines is 1. The molecule has 9 heteroatoms. The Bertz CT molecular complexity index is 1190. The Morgan fingerprint density at radius 2 is 1.89 bits per heavy atom. The van der Waals surface area contributed by atoms with Crippen molar-refractivity contribution in [2.45, 2.75) is 11.8 Å². The average Bonchev–Trinajstić information content (AvgIpc) is 2.66. The number of benzene rings is 2. The number of rotatable bonds is 5. The summed E-state index contributed by atoms with van der Waals surface area (Å²) in [6, 6.07) is 14.1. The van der Waals surface area contributed by atoms with Crippen LogP contribution in [-0.4, -0.2) is 13.4 Å². The Morgan fingerprint density at radius 3 is 2.57 bits per heavy atom. The van der Waals surface area contributed by atoms with Crippen molar-refractivity contribution < 1.29 is 13.2 Å². The quantitative estimate of drug-likeness (QED) is 0.599. The van der Waals surface area contributed by atoms with Crippen molar-refractivity contribution in [3.8, 4) is 17.7 Å². The zero-order valence-electron chi connectivity index (χ0n) is 14.5. The Morgan fingerprint density at radius 1 is 1.11 bits per heavy atom. The lowest BCUT2D eigenvalue weighted by Gasteiger charge is -2.13. The number of nitrogens with one attached hydrogen (secondary N) is 1. The number of sulfonamides is 1. The number of halogens is 2. The number of hydrogen-bond acceptors (Lipinski definition) is 5. The number of nitriles is 1. The van der Waals surface area contributed by atoms with Crippen molar-refractivity contribution in [3.05, 3.63) is 75.9 Å². The molecule has 142 valence electrons. The number of ether oxygens (including phenoxy) is 1. The van der Waals surface area contributed by atoms with E-state index in [4.69, 9.17) is 33.2 Å². The van der Waals surface area contributed by atoms with Crippen LogP contribution in [0.1, 0.15) is 11.1 Å². The van der Waals surface area contributed by atoms with E-state index in [-0.39, 0.29) is 20.8 Å². The molecule has 0 atom stereocenters. The van der Waals surface area contributed by atoms with Crippen LogP contribution in [-0.2, 0) is 10.0 Å². The first-order valence-electron chi connectivity index (χ1n) is 7.91. The summed E-state index contributed by atoms with van der Waals surface area (Å²) in [6.07, 6.45) is 1.52. The predicted molar refractivity (Wildman–Crippen MR) is 107 cm³/mol. The normalized spacial score (nSPS) is 10.9. The van der Waals surface area contributed by atoms with Gasteiger partial charge in [0, 0.05) is 6.20 Å². The van der Waals surface area contributed by atoms with E-state index in [1.54, 1.807) is 37.3 Å². The van der Waals surface area contributed by atoms with Crippen LogP contribution in [0.25, 0.3) is 0 Å². The summed E-state index contributed by atoms with van der Waals surface area (Å²) in [5, 5.41) is 9.52. The van der Waals surface area contributed by atoms with Crippen molar-refractivity contribution in [2.24, 2.45) is 0 Å². The second kappa shape index (κ2) is 8.07. The number of hydrogen-bond donors (Lipinski definition) is 1. The molecule has 1 N–H and O–H groups in total. The van der Waals surface area contributed by atoms with Crippen LogP contribution >= 0.6 is 23.2 Å². The van der Waals surface area contributed by atoms with E-state index >= 15 is 0 Å². The molecule has 0 fully saturated rings. The third-order valence-electron chi connectivity index (χ3n) is 3.75. The minimum absolute atomic E-state index is 0.00576. The van der Waals surface area contributed by atoms with E-state index in [0.717, 1.165) is 0 Å². The highest BCUT2D eigenvalue weighted by Gasteiger charge is 2.17. The molecule has 0 aliphatic carbocycles. The first kappa shape index (κ1) is 20.0. The van der Waals surface area contributed by atoms with Crippen molar-refractivity contribution in [3.63, 3.8) is 0 Å². The molecule has 0 amide bonds. The summed E-state index contributed by atoms with van der Waals surface area (Å²) in [5.74, 6) is 0.596. The lowest BCUT2D eigenvalue weighted by Crippen LogP contribution is -2.13. The molecule has 0 radical (unpaired) electrons. The maximum absolute atomic E-state index is 12.6. The van der Waals surface area contributed by atoms with E-state index in [1.165, 1.54) is 24.4 Å². The molecular formula is C19H13Cl2N3O3S. The fraction of sp³-hybridized carbons (Fsp3) is 0.0526. The maximum Gasteiger partial charge on any atom is 0.261 e. The number of pyridine rings is 1. The zero-order chi connectivity index (χ0) is 20.3. The Kier molecular flexibility index (Phi) is 5.75. The van der Waals surface area contributed by atoms with Crippen LogP contribution in [0.2, 0.25) is 10.0 Å². The molecular weight excluding hydrogens is 421 g/mol. The molecule has 3 aromatic rings. The molecule has 0 bridgehead atoms. The van der Waals surface area contributed by atoms with Gasteiger partial charge in [-0.05, 0) is 61.0 Å². The van der Waals surface area contributed by atoms with Crippen molar-refractivity contribution in [2.75, 3.05) is 4.72 Å². The standard InChI is InChI=1S/C19H13Cl2N3O3S/c1-12-9-14(27-19-13(11-22)3-2-8-23-19)4-7-18(12)24-28(25,26)15-5-6-16(20)17(21)10-15/h2-10,24H,1H3. The molecule has 0 aliphatic heterocycles. The molecule has 1 aromatic heterocycles. The van der Waals surface area contributed by atoms with Gasteiger partial charge in [0.1, 0.15) is 17.4 Å². The second-order valence-electron chi connectivity index (χ2n) is 5.73. The molecule has 0 aliphatic rings. The number of nitrogens with zero attached hydrogens (tertiary/aromatic N) is 2. The number of aromatic nitrogens is 1. The highest BCUT2D eigenvalue weighted by molar-refractivity contribution is 7.92. The van der Waals surface area contributed by atoms with Gasteiger partial charge in [-0.1, -0.05) is 23.2 Å².